The van der Waals surface area contributed by atoms with E-state index in [1.807, 2.05) is 30.3 Å². The summed E-state index contributed by atoms with van der Waals surface area (Å²) < 4.78 is 10.6. The molecule has 2 aromatic carbocycles. The highest BCUT2D eigenvalue weighted by Crippen LogP contribution is 2.28. The van der Waals surface area contributed by atoms with Crippen LogP contribution in [0, 0.1) is 5.92 Å². The van der Waals surface area contributed by atoms with Gasteiger partial charge in [-0.25, -0.2) is 0 Å². The van der Waals surface area contributed by atoms with Gasteiger partial charge in [0, 0.05) is 12.1 Å². The second-order valence-electron chi connectivity index (χ2n) is 5.85. The maximum Gasteiger partial charge on any atom is 0.308 e. The predicted molar refractivity (Wildman–Crippen MR) is 97.5 cm³/mol. The molecule has 0 spiro atoms. The fourth-order valence-corrected chi connectivity index (χ4v) is 2.71. The third-order valence-corrected chi connectivity index (χ3v) is 4.09. The number of hydrogen-bond donors (Lipinski definition) is 2. The van der Waals surface area contributed by atoms with Crippen LogP contribution in [0.2, 0.25) is 0 Å². The average molecular weight is 357 g/mol. The van der Waals surface area contributed by atoms with Crippen molar-refractivity contribution in [3.8, 4) is 11.5 Å². The summed E-state index contributed by atoms with van der Waals surface area (Å²) in [6.07, 6.45) is 0.402. The van der Waals surface area contributed by atoms with Gasteiger partial charge in [-0.3, -0.25) is 9.59 Å². The van der Waals surface area contributed by atoms with Gasteiger partial charge < -0.3 is 19.9 Å². The van der Waals surface area contributed by atoms with E-state index in [4.69, 9.17) is 9.47 Å². The summed E-state index contributed by atoms with van der Waals surface area (Å²) in [5, 5.41) is 12.1. The van der Waals surface area contributed by atoms with E-state index < -0.39 is 11.9 Å². The Morgan fingerprint density at radius 3 is 2.15 bits per heavy atom. The van der Waals surface area contributed by atoms with Crippen LogP contribution in [0.15, 0.2) is 48.5 Å². The van der Waals surface area contributed by atoms with Crippen molar-refractivity contribution in [3.05, 3.63) is 59.7 Å². The standard InChI is InChI=1S/C20H23NO5/c1-25-17-9-6-10-18(26-2)16(17)12-19(22)21-13-15(20(23)24)11-14-7-4-3-5-8-14/h3-10,15H,11-13H2,1-2H3,(H,21,22)(H,23,24). The van der Waals surface area contributed by atoms with Crippen molar-refractivity contribution in [2.24, 2.45) is 5.92 Å². The highest BCUT2D eigenvalue weighted by molar-refractivity contribution is 5.81. The maximum atomic E-state index is 12.3. The number of nitrogens with one attached hydrogen (secondary N) is 1. The molecule has 0 aliphatic rings. The van der Waals surface area contributed by atoms with Gasteiger partial charge in [0.05, 0.1) is 26.6 Å². The molecule has 138 valence electrons. The summed E-state index contributed by atoms with van der Waals surface area (Å²) in [7, 11) is 3.05. The second kappa shape index (κ2) is 9.46. The molecule has 6 nitrogen and oxygen atoms in total. The summed E-state index contributed by atoms with van der Waals surface area (Å²) in [6, 6.07) is 14.6. The number of hydrogen-bond acceptors (Lipinski definition) is 4. The summed E-state index contributed by atoms with van der Waals surface area (Å²) in [5.41, 5.74) is 1.55. The number of rotatable bonds is 9. The van der Waals surface area contributed by atoms with Crippen molar-refractivity contribution in [3.63, 3.8) is 0 Å². The van der Waals surface area contributed by atoms with E-state index in [2.05, 4.69) is 5.32 Å². The van der Waals surface area contributed by atoms with Crippen molar-refractivity contribution in [2.45, 2.75) is 12.8 Å². The van der Waals surface area contributed by atoms with E-state index in [1.165, 1.54) is 14.2 Å². The first kappa shape index (κ1) is 19.3. The summed E-state index contributed by atoms with van der Waals surface area (Å²) in [4.78, 5) is 23.8. The predicted octanol–water partition coefficient (Wildman–Crippen LogP) is 2.31. The number of carboxylic acid groups (broad SMARTS) is 1. The van der Waals surface area contributed by atoms with Crippen LogP contribution in [0.1, 0.15) is 11.1 Å². The van der Waals surface area contributed by atoms with Crippen LogP contribution in [-0.4, -0.2) is 37.7 Å². The van der Waals surface area contributed by atoms with Crippen LogP contribution in [0.25, 0.3) is 0 Å². The van der Waals surface area contributed by atoms with E-state index in [0.29, 0.717) is 23.5 Å². The Hall–Kier alpha value is -3.02. The number of carbonyl (C=O) groups excluding carboxylic acids is 1. The van der Waals surface area contributed by atoms with E-state index in [-0.39, 0.29) is 18.9 Å². The zero-order chi connectivity index (χ0) is 18.9. The Bertz CT molecular complexity index is 723. The number of methoxy groups -OCH3 is 2. The molecule has 2 N–H and O–H groups in total. The molecular weight excluding hydrogens is 334 g/mol. The minimum absolute atomic E-state index is 0.0465. The zero-order valence-corrected chi connectivity index (χ0v) is 14.9. The third kappa shape index (κ3) is 5.24. The molecule has 0 saturated carbocycles. The van der Waals surface area contributed by atoms with Crippen LogP contribution >= 0.6 is 0 Å². The lowest BCUT2D eigenvalue weighted by Crippen LogP contribution is -2.35. The molecule has 1 amide bonds. The third-order valence-electron chi connectivity index (χ3n) is 4.09. The van der Waals surface area contributed by atoms with Crippen molar-refractivity contribution in [2.75, 3.05) is 20.8 Å². The molecule has 2 rings (SSSR count). The molecule has 2 aromatic rings. The smallest absolute Gasteiger partial charge is 0.308 e. The molecular formula is C20H23NO5. The SMILES string of the molecule is COc1cccc(OC)c1CC(=O)NCC(Cc1ccccc1)C(=O)O. The highest BCUT2D eigenvalue weighted by atomic mass is 16.5. The van der Waals surface area contributed by atoms with E-state index in [0.717, 1.165) is 5.56 Å². The molecule has 26 heavy (non-hydrogen) atoms. The molecule has 0 fully saturated rings. The van der Waals surface area contributed by atoms with Gasteiger partial charge in [0.1, 0.15) is 11.5 Å². The average Bonchev–Trinajstić information content (AvgIpc) is 2.65. The topological polar surface area (TPSA) is 84.9 Å². The molecule has 0 bridgehead atoms. The first-order valence-electron chi connectivity index (χ1n) is 8.28. The van der Waals surface area contributed by atoms with Gasteiger partial charge in [0.25, 0.3) is 0 Å². The number of amides is 1. The van der Waals surface area contributed by atoms with Gasteiger partial charge in [-0.2, -0.15) is 0 Å². The van der Waals surface area contributed by atoms with Crippen molar-refractivity contribution in [1.82, 2.24) is 5.32 Å². The summed E-state index contributed by atoms with van der Waals surface area (Å²) in [6.45, 7) is 0.0561. The normalized spacial score (nSPS) is 11.5. The van der Waals surface area contributed by atoms with E-state index in [1.54, 1.807) is 18.2 Å². The Morgan fingerprint density at radius 1 is 1.00 bits per heavy atom. The molecule has 0 aromatic heterocycles. The highest BCUT2D eigenvalue weighted by Gasteiger charge is 2.20. The van der Waals surface area contributed by atoms with Gasteiger partial charge in [-0.1, -0.05) is 36.4 Å². The minimum atomic E-state index is -0.941. The van der Waals surface area contributed by atoms with Crippen LogP contribution in [-0.2, 0) is 22.4 Å². The van der Waals surface area contributed by atoms with Crippen molar-refractivity contribution >= 4 is 11.9 Å². The molecule has 1 unspecified atom stereocenters. The van der Waals surface area contributed by atoms with Gasteiger partial charge in [-0.15, -0.1) is 0 Å². The Balaban J connectivity index is 2.00. The lowest BCUT2D eigenvalue weighted by Gasteiger charge is -2.15. The van der Waals surface area contributed by atoms with Gasteiger partial charge in [0.15, 0.2) is 0 Å². The van der Waals surface area contributed by atoms with Crippen LogP contribution < -0.4 is 14.8 Å². The number of aliphatic carboxylic acids is 1. The number of ether oxygens (including phenoxy) is 2. The number of carboxylic acids is 1. The summed E-state index contributed by atoms with van der Waals surface area (Å²) in [5.74, 6) is -0.811. The molecule has 0 radical (unpaired) electrons. The largest absolute Gasteiger partial charge is 0.496 e. The van der Waals surface area contributed by atoms with Gasteiger partial charge in [0.2, 0.25) is 5.91 Å². The fourth-order valence-electron chi connectivity index (χ4n) is 2.71. The number of carbonyl (C=O) groups is 2. The summed E-state index contributed by atoms with van der Waals surface area (Å²) >= 11 is 0. The van der Waals surface area contributed by atoms with Crippen LogP contribution in [0.4, 0.5) is 0 Å². The molecule has 6 heteroatoms. The first-order chi connectivity index (χ1) is 12.5. The zero-order valence-electron chi connectivity index (χ0n) is 14.9. The van der Waals surface area contributed by atoms with Crippen LogP contribution in [0.5, 0.6) is 11.5 Å². The quantitative estimate of drug-likeness (QED) is 0.719. The molecule has 0 aliphatic heterocycles. The minimum Gasteiger partial charge on any atom is -0.496 e. The molecule has 1 atom stereocenters. The maximum absolute atomic E-state index is 12.3. The Labute approximate surface area is 152 Å². The Morgan fingerprint density at radius 2 is 1.62 bits per heavy atom. The molecule has 0 saturated heterocycles. The van der Waals surface area contributed by atoms with Crippen molar-refractivity contribution < 1.29 is 24.2 Å². The van der Waals surface area contributed by atoms with Gasteiger partial charge in [-0.05, 0) is 24.1 Å². The monoisotopic (exact) mass is 357 g/mol. The lowest BCUT2D eigenvalue weighted by molar-refractivity contribution is -0.141. The van der Waals surface area contributed by atoms with E-state index in [9.17, 15) is 14.7 Å². The molecule has 0 heterocycles. The van der Waals surface area contributed by atoms with Crippen LogP contribution in [0.3, 0.4) is 0 Å². The fraction of sp³-hybridized carbons (Fsp3) is 0.300. The number of benzene rings is 2. The lowest BCUT2D eigenvalue weighted by atomic mass is 9.99. The molecule has 0 aliphatic carbocycles. The Kier molecular flexibility index (Phi) is 7.02. The van der Waals surface area contributed by atoms with Crippen molar-refractivity contribution in [1.29, 1.82) is 0 Å². The second-order valence-corrected chi connectivity index (χ2v) is 5.85. The first-order valence-corrected chi connectivity index (χ1v) is 8.28. The van der Waals surface area contributed by atoms with E-state index >= 15 is 0 Å². The van der Waals surface area contributed by atoms with Gasteiger partial charge >= 0.3 is 5.97 Å².